The fourth-order valence-electron chi connectivity index (χ4n) is 6.17. The third-order valence-corrected chi connectivity index (χ3v) is 7.45. The van der Waals surface area contributed by atoms with E-state index in [9.17, 15) is 0 Å². The summed E-state index contributed by atoms with van der Waals surface area (Å²) in [5.41, 5.74) is 0.730. The van der Waals surface area contributed by atoms with Crippen LogP contribution >= 0.6 is 0 Å². The van der Waals surface area contributed by atoms with Crippen molar-refractivity contribution in [3.8, 4) is 0 Å². The number of rotatable bonds is 2. The maximum Gasteiger partial charge on any atom is 0.0120 e. The molecule has 3 heterocycles. The highest BCUT2D eigenvalue weighted by Crippen LogP contribution is 2.44. The van der Waals surface area contributed by atoms with Crippen molar-refractivity contribution in [3.63, 3.8) is 0 Å². The first kappa shape index (κ1) is 16.4. The van der Waals surface area contributed by atoms with Crippen molar-refractivity contribution in [2.45, 2.75) is 70.4 Å². The van der Waals surface area contributed by atoms with Gasteiger partial charge in [-0.25, -0.2) is 0 Å². The standard InChI is InChI=1S/C20H37N3/c1-17-4-3-11-23(14-17)19-7-12-22(13-8-19)18-5-9-20(10-6-18)15-21(2)16-20/h17-19H,3-16H2,1-2H3. The highest BCUT2D eigenvalue weighted by atomic mass is 15.2. The number of nitrogens with zero attached hydrogens (tertiary/aromatic N) is 3. The monoisotopic (exact) mass is 319 g/mol. The van der Waals surface area contributed by atoms with Gasteiger partial charge in [0.1, 0.15) is 0 Å². The Labute approximate surface area is 143 Å². The average molecular weight is 320 g/mol. The lowest BCUT2D eigenvalue weighted by Crippen LogP contribution is -2.58. The Balaban J connectivity index is 1.23. The molecule has 3 aliphatic heterocycles. The van der Waals surface area contributed by atoms with Gasteiger partial charge in [-0.3, -0.25) is 0 Å². The molecule has 3 heteroatoms. The van der Waals surface area contributed by atoms with Crippen LogP contribution in [0, 0.1) is 11.3 Å². The summed E-state index contributed by atoms with van der Waals surface area (Å²) in [5.74, 6) is 0.928. The zero-order valence-corrected chi connectivity index (χ0v) is 15.5. The van der Waals surface area contributed by atoms with Crippen molar-refractivity contribution >= 4 is 0 Å². The lowest BCUT2D eigenvalue weighted by Gasteiger charge is -2.54. The molecule has 3 saturated heterocycles. The molecule has 1 atom stereocenters. The molecule has 0 aromatic heterocycles. The topological polar surface area (TPSA) is 9.72 Å². The smallest absolute Gasteiger partial charge is 0.0120 e. The van der Waals surface area contributed by atoms with E-state index in [1.54, 1.807) is 0 Å². The van der Waals surface area contributed by atoms with E-state index in [1.165, 1.54) is 90.6 Å². The summed E-state index contributed by atoms with van der Waals surface area (Å²) in [5, 5.41) is 0. The van der Waals surface area contributed by atoms with E-state index >= 15 is 0 Å². The summed E-state index contributed by atoms with van der Waals surface area (Å²) in [6.07, 6.45) is 11.7. The van der Waals surface area contributed by atoms with Crippen LogP contribution in [0.4, 0.5) is 0 Å². The molecule has 1 saturated carbocycles. The molecule has 1 unspecified atom stereocenters. The fourth-order valence-corrected chi connectivity index (χ4v) is 6.17. The number of piperidine rings is 2. The summed E-state index contributed by atoms with van der Waals surface area (Å²) >= 11 is 0. The molecule has 23 heavy (non-hydrogen) atoms. The minimum atomic E-state index is 0.730. The van der Waals surface area contributed by atoms with Crippen molar-refractivity contribution in [3.05, 3.63) is 0 Å². The van der Waals surface area contributed by atoms with Crippen molar-refractivity contribution in [2.75, 3.05) is 46.3 Å². The highest BCUT2D eigenvalue weighted by Gasteiger charge is 2.44. The van der Waals surface area contributed by atoms with Gasteiger partial charge in [-0.2, -0.15) is 0 Å². The number of hydrogen-bond donors (Lipinski definition) is 0. The number of hydrogen-bond acceptors (Lipinski definition) is 3. The van der Waals surface area contributed by atoms with Crippen molar-refractivity contribution in [1.29, 1.82) is 0 Å². The van der Waals surface area contributed by atoms with Crippen LogP contribution in [0.1, 0.15) is 58.3 Å². The third kappa shape index (κ3) is 3.48. The largest absolute Gasteiger partial charge is 0.305 e. The average Bonchev–Trinajstić information content (AvgIpc) is 2.55. The third-order valence-electron chi connectivity index (χ3n) is 7.45. The normalized spacial score (nSPS) is 35.5. The second-order valence-electron chi connectivity index (χ2n) is 9.41. The van der Waals surface area contributed by atoms with E-state index in [0.717, 1.165) is 23.4 Å². The Kier molecular flexibility index (Phi) is 4.73. The molecule has 0 N–H and O–H groups in total. The van der Waals surface area contributed by atoms with Crippen LogP contribution in [0.5, 0.6) is 0 Å². The van der Waals surface area contributed by atoms with Gasteiger partial charge in [0.2, 0.25) is 0 Å². The van der Waals surface area contributed by atoms with Crippen LogP contribution in [0.3, 0.4) is 0 Å². The zero-order valence-electron chi connectivity index (χ0n) is 15.5. The molecule has 0 radical (unpaired) electrons. The summed E-state index contributed by atoms with van der Waals surface area (Å²) < 4.78 is 0. The van der Waals surface area contributed by atoms with Crippen LogP contribution in [0.25, 0.3) is 0 Å². The van der Waals surface area contributed by atoms with E-state index in [4.69, 9.17) is 0 Å². The molecule has 1 spiro atoms. The van der Waals surface area contributed by atoms with E-state index in [-0.39, 0.29) is 0 Å². The molecule has 0 bridgehead atoms. The Morgan fingerprint density at radius 3 is 2.04 bits per heavy atom. The molecule has 1 aliphatic carbocycles. The molecule has 132 valence electrons. The van der Waals surface area contributed by atoms with Gasteiger partial charge in [0.25, 0.3) is 0 Å². The minimum absolute atomic E-state index is 0.730. The summed E-state index contributed by atoms with van der Waals surface area (Å²) in [4.78, 5) is 8.19. The van der Waals surface area contributed by atoms with E-state index in [1.807, 2.05) is 0 Å². The quantitative estimate of drug-likeness (QED) is 0.774. The number of likely N-dealkylation sites (tertiary alicyclic amines) is 3. The SMILES string of the molecule is CC1CCCN(C2CCN(C3CCC4(CC3)CN(C)C4)CC2)C1. The molecular weight excluding hydrogens is 282 g/mol. The molecule has 4 fully saturated rings. The van der Waals surface area contributed by atoms with Crippen LogP contribution in [0.2, 0.25) is 0 Å². The first-order valence-electron chi connectivity index (χ1n) is 10.3. The fraction of sp³-hybridized carbons (Fsp3) is 1.00. The molecule has 0 amide bonds. The van der Waals surface area contributed by atoms with Crippen molar-refractivity contribution < 1.29 is 0 Å². The van der Waals surface area contributed by atoms with Crippen molar-refractivity contribution in [1.82, 2.24) is 14.7 Å². The van der Waals surface area contributed by atoms with Gasteiger partial charge in [-0.15, -0.1) is 0 Å². The van der Waals surface area contributed by atoms with E-state index in [0.29, 0.717) is 0 Å². The van der Waals surface area contributed by atoms with Gasteiger partial charge in [0.15, 0.2) is 0 Å². The van der Waals surface area contributed by atoms with Crippen LogP contribution in [-0.2, 0) is 0 Å². The van der Waals surface area contributed by atoms with Crippen LogP contribution in [0.15, 0.2) is 0 Å². The maximum absolute atomic E-state index is 2.86. The first-order chi connectivity index (χ1) is 11.1. The first-order valence-corrected chi connectivity index (χ1v) is 10.3. The van der Waals surface area contributed by atoms with Gasteiger partial charge in [-0.1, -0.05) is 6.92 Å². The Morgan fingerprint density at radius 1 is 0.783 bits per heavy atom. The zero-order chi connectivity index (χ0) is 15.9. The van der Waals surface area contributed by atoms with Gasteiger partial charge in [-0.05, 0) is 89.4 Å². The van der Waals surface area contributed by atoms with Gasteiger partial charge < -0.3 is 14.7 Å². The summed E-state index contributed by atoms with van der Waals surface area (Å²) in [7, 11) is 2.28. The van der Waals surface area contributed by atoms with E-state index < -0.39 is 0 Å². The second-order valence-corrected chi connectivity index (χ2v) is 9.41. The summed E-state index contributed by atoms with van der Waals surface area (Å²) in [6.45, 7) is 10.7. The Morgan fingerprint density at radius 2 is 1.43 bits per heavy atom. The van der Waals surface area contributed by atoms with Crippen LogP contribution < -0.4 is 0 Å². The molecule has 4 rings (SSSR count). The second kappa shape index (κ2) is 6.65. The molecule has 3 nitrogen and oxygen atoms in total. The Bertz CT molecular complexity index is 386. The predicted octanol–water partition coefficient (Wildman–Crippen LogP) is 3.06. The lowest BCUT2D eigenvalue weighted by atomic mass is 9.67. The predicted molar refractivity (Wildman–Crippen MR) is 96.8 cm³/mol. The van der Waals surface area contributed by atoms with Crippen LogP contribution in [-0.4, -0.2) is 73.1 Å². The lowest BCUT2D eigenvalue weighted by molar-refractivity contribution is -0.0366. The maximum atomic E-state index is 2.86. The van der Waals surface area contributed by atoms with Gasteiger partial charge in [0.05, 0.1) is 0 Å². The molecule has 0 aromatic rings. The van der Waals surface area contributed by atoms with Gasteiger partial charge >= 0.3 is 0 Å². The minimum Gasteiger partial charge on any atom is -0.305 e. The molecule has 0 aromatic carbocycles. The Hall–Kier alpha value is -0.120. The van der Waals surface area contributed by atoms with E-state index in [2.05, 4.69) is 28.7 Å². The summed E-state index contributed by atoms with van der Waals surface area (Å²) in [6, 6.07) is 1.80. The van der Waals surface area contributed by atoms with Crippen molar-refractivity contribution in [2.24, 2.45) is 11.3 Å². The highest BCUT2D eigenvalue weighted by molar-refractivity contribution is 4.98. The van der Waals surface area contributed by atoms with Gasteiger partial charge in [0, 0.05) is 31.7 Å². The molecular formula is C20H37N3. The molecule has 4 aliphatic rings.